The summed E-state index contributed by atoms with van der Waals surface area (Å²) in [5, 5.41) is 7.19. The lowest BCUT2D eigenvalue weighted by Crippen LogP contribution is -2.43. The molecule has 3 aromatic rings. The van der Waals surface area contributed by atoms with Gasteiger partial charge in [0.15, 0.2) is 0 Å². The summed E-state index contributed by atoms with van der Waals surface area (Å²) < 4.78 is 42.2. The number of pyridine rings is 1. The van der Waals surface area contributed by atoms with Crippen molar-refractivity contribution in [3.8, 4) is 0 Å². The molecule has 1 atom stereocenters. The summed E-state index contributed by atoms with van der Waals surface area (Å²) in [5.74, 6) is -1.62. The van der Waals surface area contributed by atoms with Crippen molar-refractivity contribution in [1.29, 1.82) is 0 Å². The van der Waals surface area contributed by atoms with Gasteiger partial charge in [-0.05, 0) is 36.4 Å². The molecule has 1 amide bonds. The van der Waals surface area contributed by atoms with Gasteiger partial charge in [0.25, 0.3) is 0 Å². The van der Waals surface area contributed by atoms with Crippen LogP contribution in [0.4, 0.5) is 4.39 Å². The second-order valence-electron chi connectivity index (χ2n) is 7.06. The number of amides is 1. The molecule has 0 saturated carbocycles. The summed E-state index contributed by atoms with van der Waals surface area (Å²) in [6.45, 7) is 0.258. The number of rotatable bonds is 5. The molecule has 30 heavy (non-hydrogen) atoms. The number of hydrogen-bond donors (Lipinski definition) is 1. The van der Waals surface area contributed by atoms with Crippen molar-refractivity contribution >= 4 is 15.9 Å². The summed E-state index contributed by atoms with van der Waals surface area (Å²) in [5.41, 5.74) is 1.91. The second kappa shape index (κ2) is 7.96. The monoisotopic (exact) mass is 429 g/mol. The quantitative estimate of drug-likeness (QED) is 0.664. The van der Waals surface area contributed by atoms with Crippen molar-refractivity contribution in [2.75, 3.05) is 6.54 Å². The molecule has 1 aliphatic heterocycles. The van der Waals surface area contributed by atoms with Crippen LogP contribution in [0.2, 0.25) is 0 Å². The predicted octanol–water partition coefficient (Wildman–Crippen LogP) is 1.56. The van der Waals surface area contributed by atoms with Crippen LogP contribution in [0.25, 0.3) is 0 Å². The van der Waals surface area contributed by atoms with Gasteiger partial charge >= 0.3 is 0 Å². The van der Waals surface area contributed by atoms with Crippen molar-refractivity contribution in [3.63, 3.8) is 0 Å². The lowest BCUT2D eigenvalue weighted by atomic mass is 9.97. The van der Waals surface area contributed by atoms with Crippen molar-refractivity contribution in [2.24, 2.45) is 7.05 Å². The highest BCUT2D eigenvalue weighted by Crippen LogP contribution is 2.31. The summed E-state index contributed by atoms with van der Waals surface area (Å²) in [6, 6.07) is 10.0. The normalized spacial score (nSPS) is 16.8. The molecule has 0 saturated heterocycles. The van der Waals surface area contributed by atoms with Crippen molar-refractivity contribution < 1.29 is 17.6 Å². The number of carbonyl (C=O) groups excluding carboxylic acids is 1. The molecule has 2 aromatic heterocycles. The molecular weight excluding hydrogens is 409 g/mol. The number of aromatic nitrogens is 3. The molecule has 4 rings (SSSR count). The van der Waals surface area contributed by atoms with Crippen LogP contribution in [0.1, 0.15) is 22.9 Å². The number of sulfonamides is 1. The summed E-state index contributed by atoms with van der Waals surface area (Å²) in [4.78, 5) is 17.1. The average Bonchev–Trinajstić information content (AvgIpc) is 3.12. The van der Waals surface area contributed by atoms with Crippen molar-refractivity contribution in [2.45, 2.75) is 23.9 Å². The number of hydrogen-bond acceptors (Lipinski definition) is 5. The third-order valence-corrected chi connectivity index (χ3v) is 6.76. The van der Waals surface area contributed by atoms with Gasteiger partial charge in [0.05, 0.1) is 28.7 Å². The Hall–Kier alpha value is -3.11. The lowest BCUT2D eigenvalue weighted by molar-refractivity contribution is -0.123. The molecule has 0 radical (unpaired) electrons. The molecule has 10 heteroatoms. The molecule has 156 valence electrons. The van der Waals surface area contributed by atoms with E-state index in [0.717, 1.165) is 12.1 Å². The number of halogens is 1. The second-order valence-corrected chi connectivity index (χ2v) is 8.99. The molecule has 1 N–H and O–H groups in total. The molecule has 0 spiro atoms. The predicted molar refractivity (Wildman–Crippen MR) is 106 cm³/mol. The van der Waals surface area contributed by atoms with E-state index >= 15 is 0 Å². The van der Waals surface area contributed by atoms with Gasteiger partial charge in [0.1, 0.15) is 5.82 Å². The number of nitrogens with zero attached hydrogens (tertiary/aromatic N) is 4. The minimum atomic E-state index is -3.91. The first-order chi connectivity index (χ1) is 14.3. The number of benzene rings is 1. The van der Waals surface area contributed by atoms with Crippen LogP contribution in [0, 0.1) is 5.82 Å². The Morgan fingerprint density at radius 3 is 2.70 bits per heavy atom. The molecular formula is C20H20FN5O3S. The fourth-order valence-corrected chi connectivity index (χ4v) is 4.90. The molecule has 0 aliphatic carbocycles. The number of carbonyl (C=O) groups is 1. The number of aryl methyl sites for hydroxylation is 1. The van der Waals surface area contributed by atoms with Crippen LogP contribution >= 0.6 is 0 Å². The van der Waals surface area contributed by atoms with Gasteiger partial charge in [0, 0.05) is 38.1 Å². The minimum Gasteiger partial charge on any atom is -0.350 e. The van der Waals surface area contributed by atoms with Gasteiger partial charge in [-0.2, -0.15) is 9.40 Å². The van der Waals surface area contributed by atoms with Gasteiger partial charge in [0.2, 0.25) is 15.9 Å². The third-order valence-electron chi connectivity index (χ3n) is 4.94. The largest absolute Gasteiger partial charge is 0.350 e. The Morgan fingerprint density at radius 2 is 2.00 bits per heavy atom. The average molecular weight is 429 g/mol. The Labute approximate surface area is 173 Å². The fraction of sp³-hybridized carbons (Fsp3) is 0.250. The molecule has 0 bridgehead atoms. The fourth-order valence-electron chi connectivity index (χ4n) is 3.46. The van der Waals surface area contributed by atoms with Gasteiger partial charge in [-0.15, -0.1) is 0 Å². The molecule has 0 fully saturated rings. The van der Waals surface area contributed by atoms with E-state index < -0.39 is 21.8 Å². The first-order valence-corrected chi connectivity index (χ1v) is 10.7. The summed E-state index contributed by atoms with van der Waals surface area (Å²) in [6.07, 6.45) is 3.34. The third kappa shape index (κ3) is 3.96. The zero-order valence-corrected chi connectivity index (χ0v) is 17.0. The van der Waals surface area contributed by atoms with Gasteiger partial charge in [-0.1, -0.05) is 6.07 Å². The minimum absolute atomic E-state index is 0.0242. The van der Waals surface area contributed by atoms with E-state index in [-0.39, 0.29) is 30.4 Å². The van der Waals surface area contributed by atoms with E-state index in [1.165, 1.54) is 16.4 Å². The highest BCUT2D eigenvalue weighted by atomic mass is 32.2. The zero-order chi connectivity index (χ0) is 21.3. The van der Waals surface area contributed by atoms with E-state index in [1.54, 1.807) is 36.3 Å². The maximum absolute atomic E-state index is 13.2. The van der Waals surface area contributed by atoms with Crippen LogP contribution in [0.15, 0.2) is 59.8 Å². The first-order valence-electron chi connectivity index (χ1n) is 9.30. The Kier molecular flexibility index (Phi) is 5.35. The Morgan fingerprint density at radius 1 is 1.23 bits per heavy atom. The maximum atomic E-state index is 13.2. The topological polar surface area (TPSA) is 97.2 Å². The SMILES string of the molecule is Cn1cc2c(n1)[C@@H](C(=O)NCc1ccccn1)CN(S(=O)(=O)c1ccc(F)cc1)C2. The standard InChI is InChI=1S/C20H20FN5O3S/c1-25-11-14-12-26(30(28,29)17-7-5-15(21)6-8-17)13-18(19(14)24-25)20(27)23-10-16-4-2-3-9-22-16/h2-9,11,18H,10,12-13H2,1H3,(H,23,27)/t18-/m0/s1. The van der Waals surface area contributed by atoms with Crippen LogP contribution in [-0.2, 0) is 35.0 Å². The van der Waals surface area contributed by atoms with Crippen molar-refractivity contribution in [3.05, 3.63) is 77.6 Å². The van der Waals surface area contributed by atoms with E-state index in [0.29, 0.717) is 17.0 Å². The van der Waals surface area contributed by atoms with Crippen LogP contribution in [-0.4, -0.2) is 39.9 Å². The van der Waals surface area contributed by atoms with Gasteiger partial charge < -0.3 is 5.32 Å². The van der Waals surface area contributed by atoms with E-state index in [1.807, 2.05) is 6.07 Å². The number of nitrogens with one attached hydrogen (secondary N) is 1. The maximum Gasteiger partial charge on any atom is 0.243 e. The lowest BCUT2D eigenvalue weighted by Gasteiger charge is -2.30. The van der Waals surface area contributed by atoms with E-state index in [9.17, 15) is 17.6 Å². The Balaban J connectivity index is 1.60. The summed E-state index contributed by atoms with van der Waals surface area (Å²) >= 11 is 0. The molecule has 0 unspecified atom stereocenters. The molecule has 3 heterocycles. The highest BCUT2D eigenvalue weighted by Gasteiger charge is 2.38. The zero-order valence-electron chi connectivity index (χ0n) is 16.2. The highest BCUT2D eigenvalue weighted by molar-refractivity contribution is 7.89. The van der Waals surface area contributed by atoms with Crippen LogP contribution in [0.5, 0.6) is 0 Å². The number of fused-ring (bicyclic) bond motifs is 1. The molecule has 1 aromatic carbocycles. The first kappa shape index (κ1) is 20.2. The van der Waals surface area contributed by atoms with Crippen molar-refractivity contribution in [1.82, 2.24) is 24.4 Å². The smallest absolute Gasteiger partial charge is 0.243 e. The molecule has 8 nitrogen and oxygen atoms in total. The molecule has 1 aliphatic rings. The van der Waals surface area contributed by atoms with Gasteiger partial charge in [-0.25, -0.2) is 12.8 Å². The van der Waals surface area contributed by atoms with E-state index in [2.05, 4.69) is 15.4 Å². The summed E-state index contributed by atoms with van der Waals surface area (Å²) in [7, 11) is -2.19. The van der Waals surface area contributed by atoms with E-state index in [4.69, 9.17) is 0 Å². The van der Waals surface area contributed by atoms with Crippen LogP contribution in [0.3, 0.4) is 0 Å². The Bertz CT molecular complexity index is 1160. The van der Waals surface area contributed by atoms with Gasteiger partial charge in [-0.3, -0.25) is 14.5 Å². The van der Waals surface area contributed by atoms with Crippen LogP contribution < -0.4 is 5.32 Å².